The first-order chi connectivity index (χ1) is 12.8. The van der Waals surface area contributed by atoms with Crippen LogP contribution in [-0.2, 0) is 24.1 Å². The Morgan fingerprint density at radius 3 is 2.15 bits per heavy atom. The van der Waals surface area contributed by atoms with Gasteiger partial charge in [-0.2, -0.15) is 8.42 Å². The van der Waals surface area contributed by atoms with Crippen molar-refractivity contribution in [3.05, 3.63) is 0 Å². The van der Waals surface area contributed by atoms with Crippen LogP contribution in [0, 0.1) is 0 Å². The number of hydrogen-bond donors (Lipinski definition) is 4. The van der Waals surface area contributed by atoms with Gasteiger partial charge in [0.15, 0.2) is 6.29 Å². The third-order valence-corrected chi connectivity index (χ3v) is 5.12. The normalized spacial score (nSPS) is 29.1. The van der Waals surface area contributed by atoms with Crippen molar-refractivity contribution < 1.29 is 36.8 Å². The maximum Gasteiger partial charge on any atom is 0.397 e. The third-order valence-electron chi connectivity index (χ3n) is 4.66. The molecule has 0 aromatic heterocycles. The second-order valence-electron chi connectivity index (χ2n) is 6.93. The summed E-state index contributed by atoms with van der Waals surface area (Å²) in [4.78, 5) is 0. The smallest absolute Gasteiger partial charge is 0.387 e. The van der Waals surface area contributed by atoms with Gasteiger partial charge in [0.2, 0.25) is 0 Å². The molecule has 0 amide bonds. The zero-order valence-corrected chi connectivity index (χ0v) is 17.1. The van der Waals surface area contributed by atoms with Crippen LogP contribution in [0.1, 0.15) is 58.3 Å². The predicted octanol–water partition coefficient (Wildman–Crippen LogP) is 0.998. The Bertz CT molecular complexity index is 489. The van der Waals surface area contributed by atoms with E-state index in [4.69, 9.17) is 14.0 Å². The van der Waals surface area contributed by atoms with Crippen LogP contribution in [0.5, 0.6) is 0 Å². The summed E-state index contributed by atoms with van der Waals surface area (Å²) in [5.41, 5.74) is 0. The van der Waals surface area contributed by atoms with Gasteiger partial charge in [0.25, 0.3) is 0 Å². The summed E-state index contributed by atoms with van der Waals surface area (Å²) in [6, 6.07) is 0. The fraction of sp³-hybridized carbons (Fsp3) is 1.00. The van der Waals surface area contributed by atoms with Gasteiger partial charge >= 0.3 is 10.4 Å². The first-order valence-electron chi connectivity index (χ1n) is 9.71. The number of aliphatic hydroxyl groups excluding tert-OH is 2. The molecule has 0 radical (unpaired) electrons. The largest absolute Gasteiger partial charge is 0.397 e. The van der Waals surface area contributed by atoms with Crippen LogP contribution >= 0.6 is 0 Å². The lowest BCUT2D eigenvalue weighted by Gasteiger charge is -2.41. The zero-order valence-electron chi connectivity index (χ0n) is 16.2. The fourth-order valence-corrected chi connectivity index (χ4v) is 3.67. The molecule has 1 fully saturated rings. The predicted molar refractivity (Wildman–Crippen MR) is 99.6 cm³/mol. The molecule has 4 N–H and O–H groups in total. The molecule has 1 rings (SSSR count). The molecule has 0 spiro atoms. The van der Waals surface area contributed by atoms with Gasteiger partial charge in [-0.3, -0.25) is 4.55 Å². The van der Waals surface area contributed by atoms with E-state index in [0.717, 1.165) is 12.8 Å². The maximum absolute atomic E-state index is 11.0. The highest BCUT2D eigenvalue weighted by Gasteiger charge is 2.47. The molecule has 5 atom stereocenters. The lowest BCUT2D eigenvalue weighted by atomic mass is 9.99. The van der Waals surface area contributed by atoms with Crippen LogP contribution in [0.15, 0.2) is 0 Å². The first kappa shape index (κ1) is 24.7. The minimum Gasteiger partial charge on any atom is -0.387 e. The van der Waals surface area contributed by atoms with Crippen LogP contribution in [0.3, 0.4) is 0 Å². The van der Waals surface area contributed by atoms with E-state index in [1.807, 2.05) is 0 Å². The Balaban J connectivity index is 2.36. The van der Waals surface area contributed by atoms with Crippen molar-refractivity contribution in [3.63, 3.8) is 0 Å². The molecule has 9 nitrogen and oxygen atoms in total. The summed E-state index contributed by atoms with van der Waals surface area (Å²) < 4.78 is 45.9. The van der Waals surface area contributed by atoms with Crippen molar-refractivity contribution in [2.24, 2.45) is 0 Å². The fourth-order valence-electron chi connectivity index (χ4n) is 3.15. The van der Waals surface area contributed by atoms with E-state index < -0.39 is 41.1 Å². The van der Waals surface area contributed by atoms with Crippen molar-refractivity contribution in [1.29, 1.82) is 0 Å². The summed E-state index contributed by atoms with van der Waals surface area (Å²) >= 11 is 0. The van der Waals surface area contributed by atoms with Crippen molar-refractivity contribution >= 4 is 10.4 Å². The highest BCUT2D eigenvalue weighted by molar-refractivity contribution is 7.80. The van der Waals surface area contributed by atoms with Crippen molar-refractivity contribution in [3.8, 4) is 0 Å². The summed E-state index contributed by atoms with van der Waals surface area (Å²) in [7, 11) is -3.51. The molecule has 162 valence electrons. The van der Waals surface area contributed by atoms with Gasteiger partial charge in [-0.15, -0.1) is 0 Å². The van der Waals surface area contributed by atoms with Gasteiger partial charge in [-0.25, -0.2) is 4.18 Å². The SMILES string of the molecule is CCCCCCCCCCNC[C@H]1O[C@H](OC)[C@H](O)[C@@H](O)[C@@H]1OS(=O)(=O)O. The van der Waals surface area contributed by atoms with E-state index in [-0.39, 0.29) is 6.54 Å². The van der Waals surface area contributed by atoms with E-state index in [1.54, 1.807) is 0 Å². The highest BCUT2D eigenvalue weighted by atomic mass is 32.3. The zero-order chi connectivity index (χ0) is 20.3. The van der Waals surface area contributed by atoms with E-state index in [2.05, 4.69) is 16.4 Å². The van der Waals surface area contributed by atoms with Crippen molar-refractivity contribution in [2.45, 2.75) is 89.0 Å². The molecule has 1 aliphatic heterocycles. The molecule has 1 saturated heterocycles. The summed E-state index contributed by atoms with van der Waals surface area (Å²) in [5, 5.41) is 23.1. The van der Waals surface area contributed by atoms with E-state index in [9.17, 15) is 18.6 Å². The average Bonchev–Trinajstić information content (AvgIpc) is 2.61. The number of unbranched alkanes of at least 4 members (excludes halogenated alkanes) is 7. The number of ether oxygens (including phenoxy) is 2. The lowest BCUT2D eigenvalue weighted by Crippen LogP contribution is -2.61. The molecule has 0 unspecified atom stereocenters. The minimum absolute atomic E-state index is 0.181. The molecule has 1 heterocycles. The number of methoxy groups -OCH3 is 1. The lowest BCUT2D eigenvalue weighted by molar-refractivity contribution is -0.284. The number of aliphatic hydroxyl groups is 2. The van der Waals surface area contributed by atoms with E-state index in [0.29, 0.717) is 6.54 Å². The monoisotopic (exact) mass is 413 g/mol. The number of nitrogens with one attached hydrogen (secondary N) is 1. The molecule has 27 heavy (non-hydrogen) atoms. The molecule has 0 bridgehead atoms. The molecule has 0 aromatic rings. The van der Waals surface area contributed by atoms with Crippen LogP contribution in [-0.4, -0.2) is 74.1 Å². The second-order valence-corrected chi connectivity index (χ2v) is 7.98. The van der Waals surface area contributed by atoms with Crippen molar-refractivity contribution in [1.82, 2.24) is 5.32 Å². The van der Waals surface area contributed by atoms with E-state index in [1.165, 1.54) is 45.6 Å². The van der Waals surface area contributed by atoms with Crippen LogP contribution in [0.4, 0.5) is 0 Å². The van der Waals surface area contributed by atoms with Gasteiger partial charge < -0.3 is 25.0 Å². The Labute approximate surface area is 162 Å². The van der Waals surface area contributed by atoms with Crippen molar-refractivity contribution in [2.75, 3.05) is 20.2 Å². The molecular weight excluding hydrogens is 378 g/mol. The van der Waals surface area contributed by atoms with Gasteiger partial charge in [0, 0.05) is 13.7 Å². The van der Waals surface area contributed by atoms with Gasteiger partial charge in [0.05, 0.1) is 0 Å². The first-order valence-corrected chi connectivity index (χ1v) is 11.1. The number of hydrogen-bond acceptors (Lipinski definition) is 8. The molecular formula is C17H35NO8S. The summed E-state index contributed by atoms with van der Waals surface area (Å²) in [5.74, 6) is 0. The summed E-state index contributed by atoms with van der Waals surface area (Å²) in [6.45, 7) is 3.08. The quantitative estimate of drug-likeness (QED) is 0.243. The standard InChI is InChI=1S/C17H35NO8S/c1-3-4-5-6-7-8-9-10-11-18-12-13-16(26-27(21,22)23)14(19)15(20)17(24-2)25-13/h13-20H,3-12H2,1-2H3,(H,21,22,23)/t13-,14-,15-,16-,17+/m1/s1. The molecule has 0 aliphatic carbocycles. The second kappa shape index (κ2) is 13.0. The van der Waals surface area contributed by atoms with E-state index >= 15 is 0 Å². The summed E-state index contributed by atoms with van der Waals surface area (Å²) in [6.07, 6.45) is 3.01. The Hall–Kier alpha value is -0.330. The molecule has 0 saturated carbocycles. The highest BCUT2D eigenvalue weighted by Crippen LogP contribution is 2.25. The van der Waals surface area contributed by atoms with Crippen LogP contribution < -0.4 is 5.32 Å². The third kappa shape index (κ3) is 9.62. The van der Waals surface area contributed by atoms with Crippen LogP contribution in [0.2, 0.25) is 0 Å². The minimum atomic E-state index is -4.81. The van der Waals surface area contributed by atoms with Crippen LogP contribution in [0.25, 0.3) is 0 Å². The Morgan fingerprint density at radius 1 is 1.00 bits per heavy atom. The van der Waals surface area contributed by atoms with Gasteiger partial charge in [-0.1, -0.05) is 51.9 Å². The Kier molecular flexibility index (Phi) is 11.9. The number of rotatable bonds is 14. The van der Waals surface area contributed by atoms with Gasteiger partial charge in [-0.05, 0) is 13.0 Å². The topological polar surface area (TPSA) is 135 Å². The molecule has 10 heteroatoms. The molecule has 1 aliphatic rings. The maximum atomic E-state index is 11.0. The average molecular weight is 414 g/mol. The van der Waals surface area contributed by atoms with Gasteiger partial charge in [0.1, 0.15) is 24.4 Å². The molecule has 0 aromatic carbocycles. The Morgan fingerprint density at radius 2 is 1.59 bits per heavy atom.